The van der Waals surface area contributed by atoms with Crippen LogP contribution in [-0.2, 0) is 23.9 Å². The van der Waals surface area contributed by atoms with Crippen LogP contribution in [0.15, 0.2) is 0 Å². The molecule has 1 saturated heterocycles. The zero-order valence-electron chi connectivity index (χ0n) is 14.3. The summed E-state index contributed by atoms with van der Waals surface area (Å²) in [5, 5.41) is 0. The van der Waals surface area contributed by atoms with Crippen molar-refractivity contribution in [3.05, 3.63) is 0 Å². The van der Waals surface area contributed by atoms with Gasteiger partial charge in [0.1, 0.15) is 23.5 Å². The van der Waals surface area contributed by atoms with Crippen molar-refractivity contribution < 1.29 is 23.9 Å². The maximum absolute atomic E-state index is 12.1. The van der Waals surface area contributed by atoms with Crippen LogP contribution in [0.4, 0.5) is 0 Å². The molecule has 0 aromatic carbocycles. The Labute approximate surface area is 138 Å². The van der Waals surface area contributed by atoms with E-state index in [2.05, 4.69) is 0 Å². The highest BCUT2D eigenvalue weighted by Gasteiger charge is 2.22. The van der Waals surface area contributed by atoms with Gasteiger partial charge in [0.05, 0.1) is 6.42 Å². The van der Waals surface area contributed by atoms with Crippen molar-refractivity contribution in [1.82, 2.24) is 0 Å². The fraction of sp³-hybridized carbons (Fsp3) is 0.778. The van der Waals surface area contributed by atoms with Crippen molar-refractivity contribution in [3.8, 4) is 0 Å². The van der Waals surface area contributed by atoms with Crippen molar-refractivity contribution in [2.75, 3.05) is 0 Å². The summed E-state index contributed by atoms with van der Waals surface area (Å²) in [6.07, 6.45) is 4.68. The van der Waals surface area contributed by atoms with E-state index in [0.717, 1.165) is 12.8 Å². The van der Waals surface area contributed by atoms with E-state index in [0.29, 0.717) is 44.9 Å². The van der Waals surface area contributed by atoms with Crippen LogP contribution >= 0.6 is 0 Å². The maximum atomic E-state index is 12.1. The molecule has 1 aliphatic heterocycles. The Hall–Kier alpha value is -1.52. The van der Waals surface area contributed by atoms with Crippen LogP contribution in [0.3, 0.4) is 0 Å². The van der Waals surface area contributed by atoms with Gasteiger partial charge in [0.2, 0.25) is 0 Å². The van der Waals surface area contributed by atoms with E-state index in [1.165, 1.54) is 6.92 Å². The van der Waals surface area contributed by atoms with E-state index in [1.807, 2.05) is 6.92 Å². The first-order chi connectivity index (χ1) is 10.9. The molecule has 0 aromatic heterocycles. The van der Waals surface area contributed by atoms with Gasteiger partial charge in [-0.15, -0.1) is 0 Å². The molecule has 23 heavy (non-hydrogen) atoms. The second-order valence-corrected chi connectivity index (χ2v) is 6.54. The molecule has 5 nitrogen and oxygen atoms in total. The smallest absolute Gasteiger partial charge is 0.306 e. The Kier molecular flexibility index (Phi) is 8.74. The van der Waals surface area contributed by atoms with E-state index < -0.39 is 0 Å². The molecule has 2 unspecified atom stereocenters. The molecule has 1 heterocycles. The number of carbonyl (C=O) groups is 4. The van der Waals surface area contributed by atoms with Crippen LogP contribution in [0.1, 0.15) is 78.1 Å². The van der Waals surface area contributed by atoms with Gasteiger partial charge in [-0.2, -0.15) is 0 Å². The Morgan fingerprint density at radius 2 is 1.87 bits per heavy atom. The predicted molar refractivity (Wildman–Crippen MR) is 85.9 cm³/mol. The summed E-state index contributed by atoms with van der Waals surface area (Å²) in [7, 11) is 0. The fourth-order valence-electron chi connectivity index (χ4n) is 2.98. The third kappa shape index (κ3) is 8.62. The molecule has 130 valence electrons. The van der Waals surface area contributed by atoms with Crippen molar-refractivity contribution in [2.24, 2.45) is 5.92 Å². The van der Waals surface area contributed by atoms with Gasteiger partial charge >= 0.3 is 5.97 Å². The summed E-state index contributed by atoms with van der Waals surface area (Å²) < 4.78 is 5.44. The van der Waals surface area contributed by atoms with Gasteiger partial charge in [0, 0.05) is 25.7 Å². The number of hydrogen-bond acceptors (Lipinski definition) is 5. The van der Waals surface area contributed by atoms with Gasteiger partial charge in [-0.25, -0.2) is 0 Å². The highest BCUT2D eigenvalue weighted by Crippen LogP contribution is 2.23. The average Bonchev–Trinajstić information content (AvgIpc) is 2.46. The molecule has 5 heteroatoms. The molecular weight excluding hydrogens is 296 g/mol. The third-order valence-corrected chi connectivity index (χ3v) is 4.20. The van der Waals surface area contributed by atoms with Gasteiger partial charge in [0.15, 0.2) is 0 Å². The van der Waals surface area contributed by atoms with E-state index in [1.54, 1.807) is 0 Å². The topological polar surface area (TPSA) is 77.5 Å². The summed E-state index contributed by atoms with van der Waals surface area (Å²) in [5.74, 6) is -0.241. The van der Waals surface area contributed by atoms with Gasteiger partial charge in [-0.3, -0.25) is 19.2 Å². The highest BCUT2D eigenvalue weighted by atomic mass is 16.5. The zero-order valence-corrected chi connectivity index (χ0v) is 14.3. The minimum atomic E-state index is -0.210. The summed E-state index contributed by atoms with van der Waals surface area (Å²) in [6, 6.07) is 0. The summed E-state index contributed by atoms with van der Waals surface area (Å²) >= 11 is 0. The number of ketones is 3. The Bertz CT molecular complexity index is 441. The normalized spacial score (nSPS) is 23.2. The SMILES string of the molecule is CCCC1CCC(=O)CC(CCC(=O)CC(C)=O)CCC(=O)O1. The van der Waals surface area contributed by atoms with E-state index in [-0.39, 0.29) is 41.8 Å². The minimum Gasteiger partial charge on any atom is -0.462 e. The summed E-state index contributed by atoms with van der Waals surface area (Å²) in [5.41, 5.74) is 0. The molecule has 0 saturated carbocycles. The molecular formula is C18H28O5. The van der Waals surface area contributed by atoms with Crippen LogP contribution in [-0.4, -0.2) is 29.4 Å². The number of rotatable bonds is 7. The van der Waals surface area contributed by atoms with Crippen molar-refractivity contribution in [2.45, 2.75) is 84.2 Å². The second kappa shape index (κ2) is 10.3. The van der Waals surface area contributed by atoms with Crippen LogP contribution in [0.25, 0.3) is 0 Å². The quantitative estimate of drug-likeness (QED) is 0.531. The number of cyclic esters (lactones) is 1. The van der Waals surface area contributed by atoms with Gasteiger partial charge in [-0.05, 0) is 38.5 Å². The molecule has 0 aromatic rings. The first-order valence-electron chi connectivity index (χ1n) is 8.63. The van der Waals surface area contributed by atoms with Crippen molar-refractivity contribution >= 4 is 23.3 Å². The van der Waals surface area contributed by atoms with Crippen LogP contribution in [0.2, 0.25) is 0 Å². The lowest BCUT2D eigenvalue weighted by atomic mass is 9.89. The lowest BCUT2D eigenvalue weighted by molar-refractivity contribution is -0.151. The van der Waals surface area contributed by atoms with Crippen LogP contribution in [0.5, 0.6) is 0 Å². The van der Waals surface area contributed by atoms with Gasteiger partial charge < -0.3 is 4.74 Å². The standard InChI is InChI=1S/C18H28O5/c1-3-4-17-9-8-16(21)12-14(6-10-18(22)23-17)5-7-15(20)11-13(2)19/h14,17H,3-12H2,1-2H3. The predicted octanol–water partition coefficient (Wildman–Crippen LogP) is 3.18. The molecule has 0 aliphatic carbocycles. The number of esters is 1. The molecule has 0 spiro atoms. The van der Waals surface area contributed by atoms with E-state index in [9.17, 15) is 19.2 Å². The minimum absolute atomic E-state index is 0.0219. The first kappa shape index (κ1) is 19.5. The second-order valence-electron chi connectivity index (χ2n) is 6.54. The van der Waals surface area contributed by atoms with Gasteiger partial charge in [0.25, 0.3) is 0 Å². The number of hydrogen-bond donors (Lipinski definition) is 0. The molecule has 1 rings (SSSR count). The van der Waals surface area contributed by atoms with E-state index >= 15 is 0 Å². The van der Waals surface area contributed by atoms with E-state index in [4.69, 9.17) is 4.74 Å². The lowest BCUT2D eigenvalue weighted by Crippen LogP contribution is -2.23. The number of Topliss-reactive ketones (excluding diaryl/α,β-unsaturated/α-hetero) is 3. The average molecular weight is 324 g/mol. The molecule has 0 radical (unpaired) electrons. The monoisotopic (exact) mass is 324 g/mol. The van der Waals surface area contributed by atoms with Crippen LogP contribution in [0, 0.1) is 5.92 Å². The fourth-order valence-corrected chi connectivity index (χ4v) is 2.98. The number of carbonyl (C=O) groups excluding carboxylic acids is 4. The van der Waals surface area contributed by atoms with Crippen molar-refractivity contribution in [1.29, 1.82) is 0 Å². The molecule has 0 N–H and O–H groups in total. The van der Waals surface area contributed by atoms with Crippen LogP contribution < -0.4 is 0 Å². The molecule has 1 fully saturated rings. The Morgan fingerprint density at radius 3 is 2.52 bits per heavy atom. The Morgan fingerprint density at radius 1 is 1.13 bits per heavy atom. The van der Waals surface area contributed by atoms with Gasteiger partial charge in [-0.1, -0.05) is 13.3 Å². The molecule has 2 atom stereocenters. The maximum Gasteiger partial charge on any atom is 0.306 e. The lowest BCUT2D eigenvalue weighted by Gasteiger charge is -2.21. The highest BCUT2D eigenvalue weighted by molar-refractivity contribution is 5.97. The Balaban J connectivity index is 2.53. The molecule has 0 amide bonds. The summed E-state index contributed by atoms with van der Waals surface area (Å²) in [4.78, 5) is 46.5. The number of ether oxygens (including phenoxy) is 1. The van der Waals surface area contributed by atoms with Crippen molar-refractivity contribution in [3.63, 3.8) is 0 Å². The summed E-state index contributed by atoms with van der Waals surface area (Å²) in [6.45, 7) is 3.43. The molecule has 0 bridgehead atoms. The first-order valence-corrected chi connectivity index (χ1v) is 8.63. The zero-order chi connectivity index (χ0) is 17.2. The largest absolute Gasteiger partial charge is 0.462 e. The third-order valence-electron chi connectivity index (χ3n) is 4.20. The molecule has 1 aliphatic rings.